The maximum absolute atomic E-state index is 5.93. The fraction of sp³-hybridized carbons (Fsp3) is 0.158. The van der Waals surface area contributed by atoms with E-state index in [2.05, 4.69) is 9.97 Å². The van der Waals surface area contributed by atoms with Gasteiger partial charge in [0.05, 0.1) is 6.61 Å². The number of hydrogen-bond donors (Lipinski definition) is 0. The van der Waals surface area contributed by atoms with Crippen LogP contribution in [-0.2, 0) is 0 Å². The Labute approximate surface area is 138 Å². The second-order valence-corrected chi connectivity index (χ2v) is 5.36. The molecule has 0 N–H and O–H groups in total. The number of fused-ring (bicyclic) bond motifs is 3. The lowest BCUT2D eigenvalue weighted by Crippen LogP contribution is -1.94. The van der Waals surface area contributed by atoms with Crippen LogP contribution in [0, 0.1) is 6.92 Å². The van der Waals surface area contributed by atoms with Gasteiger partial charge in [-0.3, -0.25) is 0 Å². The first-order chi connectivity index (χ1) is 11.7. The van der Waals surface area contributed by atoms with Gasteiger partial charge in [-0.1, -0.05) is 12.1 Å². The number of aromatic nitrogens is 2. The predicted octanol–water partition coefficient (Wildman–Crippen LogP) is 4.88. The molecule has 0 bridgehead atoms. The molecule has 4 aromatic rings. The number of hydrogen-bond acceptors (Lipinski definition) is 5. The van der Waals surface area contributed by atoms with Gasteiger partial charge in [0.1, 0.15) is 28.4 Å². The Balaban J connectivity index is 1.78. The zero-order chi connectivity index (χ0) is 16.5. The zero-order valence-corrected chi connectivity index (χ0v) is 13.4. The molecule has 0 aliphatic carbocycles. The van der Waals surface area contributed by atoms with Crippen LogP contribution in [0.1, 0.15) is 12.7 Å². The minimum absolute atomic E-state index is 0.415. The molecular weight excluding hydrogens is 304 g/mol. The normalized spacial score (nSPS) is 11.1. The van der Waals surface area contributed by atoms with Crippen LogP contribution in [0.4, 0.5) is 0 Å². The zero-order valence-electron chi connectivity index (χ0n) is 13.4. The van der Waals surface area contributed by atoms with E-state index in [-0.39, 0.29) is 0 Å². The molecule has 0 atom stereocenters. The third-order valence-corrected chi connectivity index (χ3v) is 3.65. The van der Waals surface area contributed by atoms with E-state index >= 15 is 0 Å². The Bertz CT molecular complexity index is 1010. The van der Waals surface area contributed by atoms with Gasteiger partial charge in [0, 0.05) is 5.39 Å². The molecule has 0 saturated carbocycles. The molecule has 5 heteroatoms. The van der Waals surface area contributed by atoms with Crippen molar-refractivity contribution < 1.29 is 13.9 Å². The van der Waals surface area contributed by atoms with E-state index in [1.165, 1.54) is 0 Å². The molecule has 2 heterocycles. The Hall–Kier alpha value is -3.08. The van der Waals surface area contributed by atoms with Gasteiger partial charge in [-0.25, -0.2) is 4.98 Å². The monoisotopic (exact) mass is 320 g/mol. The highest BCUT2D eigenvalue weighted by Gasteiger charge is 2.16. The predicted molar refractivity (Wildman–Crippen MR) is 91.7 cm³/mol. The summed E-state index contributed by atoms with van der Waals surface area (Å²) in [5, 5.41) is 0.953. The van der Waals surface area contributed by atoms with Crippen LogP contribution >= 0.6 is 0 Å². The molecule has 24 heavy (non-hydrogen) atoms. The van der Waals surface area contributed by atoms with Crippen LogP contribution in [0.3, 0.4) is 0 Å². The van der Waals surface area contributed by atoms with Crippen molar-refractivity contribution in [3.63, 3.8) is 0 Å². The number of furan rings is 1. The van der Waals surface area contributed by atoms with E-state index in [0.29, 0.717) is 29.6 Å². The van der Waals surface area contributed by atoms with Crippen molar-refractivity contribution >= 4 is 22.1 Å². The molecule has 0 aliphatic heterocycles. The molecule has 120 valence electrons. The third-order valence-electron chi connectivity index (χ3n) is 3.65. The summed E-state index contributed by atoms with van der Waals surface area (Å²) < 4.78 is 17.3. The van der Waals surface area contributed by atoms with Crippen LogP contribution in [-0.4, -0.2) is 16.6 Å². The van der Waals surface area contributed by atoms with Gasteiger partial charge in [-0.05, 0) is 50.2 Å². The summed E-state index contributed by atoms with van der Waals surface area (Å²) in [5.74, 6) is 2.52. The van der Waals surface area contributed by atoms with Gasteiger partial charge < -0.3 is 13.9 Å². The minimum Gasteiger partial charge on any atom is -0.494 e. The van der Waals surface area contributed by atoms with Crippen molar-refractivity contribution in [3.05, 3.63) is 54.4 Å². The molecule has 4 rings (SSSR count). The Morgan fingerprint density at radius 2 is 1.71 bits per heavy atom. The quantitative estimate of drug-likeness (QED) is 0.536. The van der Waals surface area contributed by atoms with E-state index in [4.69, 9.17) is 13.9 Å². The number of ether oxygens (including phenoxy) is 2. The van der Waals surface area contributed by atoms with Crippen LogP contribution in [0.15, 0.2) is 52.9 Å². The van der Waals surface area contributed by atoms with E-state index < -0.39 is 0 Å². The van der Waals surface area contributed by atoms with E-state index in [9.17, 15) is 0 Å². The van der Waals surface area contributed by atoms with Gasteiger partial charge in [-0.15, -0.1) is 0 Å². The average molecular weight is 320 g/mol. The lowest BCUT2D eigenvalue weighted by atomic mass is 10.2. The molecule has 0 radical (unpaired) electrons. The molecule has 0 fully saturated rings. The van der Waals surface area contributed by atoms with E-state index in [1.54, 1.807) is 0 Å². The lowest BCUT2D eigenvalue weighted by Gasteiger charge is -2.07. The topological polar surface area (TPSA) is 57.4 Å². The highest BCUT2D eigenvalue weighted by atomic mass is 16.5. The molecular formula is C19H16N2O3. The maximum atomic E-state index is 5.93. The highest BCUT2D eigenvalue weighted by Crippen LogP contribution is 2.34. The summed E-state index contributed by atoms with van der Waals surface area (Å²) in [4.78, 5) is 8.89. The molecule has 5 nitrogen and oxygen atoms in total. The van der Waals surface area contributed by atoms with Gasteiger partial charge >= 0.3 is 0 Å². The van der Waals surface area contributed by atoms with Crippen LogP contribution < -0.4 is 9.47 Å². The van der Waals surface area contributed by atoms with Crippen LogP contribution in [0.5, 0.6) is 17.4 Å². The van der Waals surface area contributed by atoms with Crippen molar-refractivity contribution in [1.82, 2.24) is 9.97 Å². The molecule has 2 aromatic carbocycles. The Morgan fingerprint density at radius 3 is 2.50 bits per heavy atom. The molecule has 2 aromatic heterocycles. The summed E-state index contributed by atoms with van der Waals surface area (Å²) in [6, 6.07) is 15.2. The van der Waals surface area contributed by atoms with Crippen molar-refractivity contribution in [2.75, 3.05) is 6.61 Å². The minimum atomic E-state index is 0.415. The highest BCUT2D eigenvalue weighted by molar-refractivity contribution is 6.03. The third kappa shape index (κ3) is 2.54. The number of aryl methyl sites for hydroxylation is 1. The fourth-order valence-corrected chi connectivity index (χ4v) is 2.62. The fourth-order valence-electron chi connectivity index (χ4n) is 2.62. The van der Waals surface area contributed by atoms with Crippen molar-refractivity contribution in [2.24, 2.45) is 0 Å². The number of benzene rings is 2. The summed E-state index contributed by atoms with van der Waals surface area (Å²) in [7, 11) is 0. The summed E-state index contributed by atoms with van der Waals surface area (Å²) in [5.41, 5.74) is 2.08. The van der Waals surface area contributed by atoms with Gasteiger partial charge in [0.25, 0.3) is 5.88 Å². The second-order valence-electron chi connectivity index (χ2n) is 5.36. The number of para-hydroxylation sites is 1. The first-order valence-corrected chi connectivity index (χ1v) is 7.81. The van der Waals surface area contributed by atoms with Crippen LogP contribution in [0.25, 0.3) is 22.1 Å². The summed E-state index contributed by atoms with van der Waals surface area (Å²) >= 11 is 0. The van der Waals surface area contributed by atoms with Crippen molar-refractivity contribution in [1.29, 1.82) is 0 Å². The molecule has 0 aliphatic rings. The number of rotatable bonds is 4. The molecule has 0 spiro atoms. The van der Waals surface area contributed by atoms with Gasteiger partial charge in [-0.2, -0.15) is 4.98 Å². The first-order valence-electron chi connectivity index (χ1n) is 7.81. The largest absolute Gasteiger partial charge is 0.494 e. The van der Waals surface area contributed by atoms with E-state index in [1.807, 2.05) is 62.4 Å². The Morgan fingerprint density at radius 1 is 0.958 bits per heavy atom. The lowest BCUT2D eigenvalue weighted by molar-refractivity contribution is 0.339. The van der Waals surface area contributed by atoms with Crippen LogP contribution in [0.2, 0.25) is 0 Å². The first kappa shape index (κ1) is 14.5. The molecule has 0 amide bonds. The summed E-state index contributed by atoms with van der Waals surface area (Å²) in [6.07, 6.45) is 0. The number of nitrogens with zero attached hydrogens (tertiary/aromatic N) is 2. The smallest absolute Gasteiger partial charge is 0.267 e. The van der Waals surface area contributed by atoms with Gasteiger partial charge in [0.15, 0.2) is 0 Å². The molecule has 0 saturated heterocycles. The Kier molecular flexibility index (Phi) is 3.54. The summed E-state index contributed by atoms with van der Waals surface area (Å²) in [6.45, 7) is 4.42. The average Bonchev–Trinajstić information content (AvgIpc) is 2.96. The van der Waals surface area contributed by atoms with Crippen molar-refractivity contribution in [3.8, 4) is 17.4 Å². The van der Waals surface area contributed by atoms with Crippen molar-refractivity contribution in [2.45, 2.75) is 13.8 Å². The van der Waals surface area contributed by atoms with Gasteiger partial charge in [0.2, 0.25) is 5.58 Å². The standard InChI is InChI=1S/C19H16N2O3/c1-3-22-13-8-10-14(11-9-13)23-19-18-17(20-12(2)21-19)15-6-4-5-7-16(15)24-18/h4-11H,3H2,1-2H3. The molecule has 0 unspecified atom stereocenters. The maximum Gasteiger partial charge on any atom is 0.267 e. The SMILES string of the molecule is CCOc1ccc(Oc2nc(C)nc3c2oc2ccccc23)cc1. The van der Waals surface area contributed by atoms with E-state index in [0.717, 1.165) is 22.2 Å². The second kappa shape index (κ2) is 5.85.